The minimum absolute atomic E-state index is 0.0228. The first-order chi connectivity index (χ1) is 11.8. The zero-order valence-corrected chi connectivity index (χ0v) is 15.3. The molecular weight excluding hydrogens is 320 g/mol. The third-order valence-corrected chi connectivity index (χ3v) is 5.52. The summed E-state index contributed by atoms with van der Waals surface area (Å²) in [5.74, 6) is -0.0742. The van der Waals surface area contributed by atoms with Crippen LogP contribution >= 0.6 is 0 Å². The lowest BCUT2D eigenvalue weighted by atomic mass is 9.85. The van der Waals surface area contributed by atoms with Crippen molar-refractivity contribution in [2.24, 2.45) is 13.0 Å². The fourth-order valence-corrected chi connectivity index (χ4v) is 3.66. The van der Waals surface area contributed by atoms with Crippen molar-refractivity contribution >= 4 is 11.9 Å². The van der Waals surface area contributed by atoms with Crippen molar-refractivity contribution in [1.82, 2.24) is 20.0 Å². The van der Waals surface area contributed by atoms with E-state index in [9.17, 15) is 9.59 Å². The number of carboxylic acid groups (broad SMARTS) is 1. The van der Waals surface area contributed by atoms with Gasteiger partial charge in [0, 0.05) is 36.9 Å². The molecule has 0 spiro atoms. The van der Waals surface area contributed by atoms with E-state index in [2.05, 4.69) is 15.3 Å². The fourth-order valence-electron chi connectivity index (χ4n) is 3.66. The molecule has 7 nitrogen and oxygen atoms in total. The number of nitrogens with zero attached hydrogens (tertiary/aromatic N) is 3. The molecule has 1 aromatic rings. The lowest BCUT2D eigenvalue weighted by molar-refractivity contribution is -0.140. The van der Waals surface area contributed by atoms with Crippen LogP contribution in [0.4, 0.5) is 0 Å². The highest BCUT2D eigenvalue weighted by molar-refractivity contribution is 5.79. The van der Waals surface area contributed by atoms with E-state index in [1.54, 1.807) is 4.68 Å². The maximum absolute atomic E-state index is 12.3. The molecule has 2 fully saturated rings. The molecule has 0 aliphatic heterocycles. The van der Waals surface area contributed by atoms with Gasteiger partial charge in [-0.25, -0.2) is 0 Å². The predicted molar refractivity (Wildman–Crippen MR) is 93.3 cm³/mol. The number of hydrogen-bond acceptors (Lipinski definition) is 4. The second kappa shape index (κ2) is 7.15. The SMILES string of the molecule is Cc1nn(C)c(C)c1CC(=O)NC1CC(N(CC(=O)O)CC2CC2)C1. The first-order valence-corrected chi connectivity index (χ1v) is 9.07. The van der Waals surface area contributed by atoms with Gasteiger partial charge in [-0.15, -0.1) is 0 Å². The molecule has 2 aliphatic rings. The Balaban J connectivity index is 1.47. The maximum atomic E-state index is 12.3. The average molecular weight is 348 g/mol. The molecule has 138 valence electrons. The Bertz CT molecular complexity index is 660. The van der Waals surface area contributed by atoms with Gasteiger partial charge in [-0.1, -0.05) is 0 Å². The van der Waals surface area contributed by atoms with E-state index in [4.69, 9.17) is 5.11 Å². The van der Waals surface area contributed by atoms with Crippen LogP contribution in [0.5, 0.6) is 0 Å². The van der Waals surface area contributed by atoms with E-state index >= 15 is 0 Å². The van der Waals surface area contributed by atoms with E-state index in [-0.39, 0.29) is 24.5 Å². The summed E-state index contributed by atoms with van der Waals surface area (Å²) in [6.07, 6.45) is 4.47. The summed E-state index contributed by atoms with van der Waals surface area (Å²) in [6.45, 7) is 4.89. The summed E-state index contributed by atoms with van der Waals surface area (Å²) in [5, 5.41) is 16.5. The van der Waals surface area contributed by atoms with Gasteiger partial charge >= 0.3 is 5.97 Å². The van der Waals surface area contributed by atoms with Crippen LogP contribution in [0.3, 0.4) is 0 Å². The number of aromatic nitrogens is 2. The van der Waals surface area contributed by atoms with E-state index in [0.717, 1.165) is 36.3 Å². The van der Waals surface area contributed by atoms with Crippen molar-refractivity contribution in [1.29, 1.82) is 0 Å². The van der Waals surface area contributed by atoms with Gasteiger partial charge in [0.2, 0.25) is 5.91 Å². The molecule has 2 aliphatic carbocycles. The van der Waals surface area contributed by atoms with Gasteiger partial charge in [0.05, 0.1) is 18.7 Å². The zero-order valence-electron chi connectivity index (χ0n) is 15.3. The molecule has 2 saturated carbocycles. The molecule has 1 aromatic heterocycles. The number of amides is 1. The third kappa shape index (κ3) is 4.39. The summed E-state index contributed by atoms with van der Waals surface area (Å²) in [6, 6.07) is 0.439. The zero-order chi connectivity index (χ0) is 18.1. The van der Waals surface area contributed by atoms with Crippen LogP contribution in [0.25, 0.3) is 0 Å². The van der Waals surface area contributed by atoms with Crippen LogP contribution in [0.1, 0.15) is 42.6 Å². The smallest absolute Gasteiger partial charge is 0.317 e. The molecule has 1 heterocycles. The molecule has 25 heavy (non-hydrogen) atoms. The normalized spacial score (nSPS) is 22.7. The Morgan fingerprint density at radius 2 is 2.00 bits per heavy atom. The summed E-state index contributed by atoms with van der Waals surface area (Å²) in [5.41, 5.74) is 2.92. The van der Waals surface area contributed by atoms with Gasteiger partial charge in [-0.05, 0) is 45.4 Å². The highest BCUT2D eigenvalue weighted by atomic mass is 16.4. The Labute approximate surface area is 148 Å². The predicted octanol–water partition coefficient (Wildman–Crippen LogP) is 1.02. The van der Waals surface area contributed by atoms with Crippen LogP contribution in [-0.4, -0.2) is 56.8 Å². The van der Waals surface area contributed by atoms with Crippen molar-refractivity contribution in [2.45, 2.75) is 58.0 Å². The lowest BCUT2D eigenvalue weighted by Crippen LogP contribution is -2.55. The molecule has 3 rings (SSSR count). The number of aliphatic carboxylic acids is 1. The first-order valence-electron chi connectivity index (χ1n) is 9.07. The van der Waals surface area contributed by atoms with E-state index in [0.29, 0.717) is 12.3 Å². The lowest BCUT2D eigenvalue weighted by Gasteiger charge is -2.42. The van der Waals surface area contributed by atoms with E-state index in [1.807, 2.05) is 20.9 Å². The number of carbonyl (C=O) groups excluding carboxylic acids is 1. The quantitative estimate of drug-likeness (QED) is 0.732. The third-order valence-electron chi connectivity index (χ3n) is 5.52. The molecule has 0 saturated heterocycles. The van der Waals surface area contributed by atoms with Crippen LogP contribution in [0.2, 0.25) is 0 Å². The number of carboxylic acids is 1. The van der Waals surface area contributed by atoms with Crippen molar-refractivity contribution in [3.8, 4) is 0 Å². The van der Waals surface area contributed by atoms with Gasteiger partial charge in [0.15, 0.2) is 0 Å². The molecule has 0 bridgehead atoms. The Morgan fingerprint density at radius 3 is 2.52 bits per heavy atom. The summed E-state index contributed by atoms with van der Waals surface area (Å²) in [4.78, 5) is 25.5. The first kappa shape index (κ1) is 17.9. The van der Waals surface area contributed by atoms with Gasteiger partial charge < -0.3 is 10.4 Å². The fraction of sp³-hybridized carbons (Fsp3) is 0.722. The molecular formula is C18H28N4O3. The van der Waals surface area contributed by atoms with Crippen molar-refractivity contribution in [2.75, 3.05) is 13.1 Å². The summed E-state index contributed by atoms with van der Waals surface area (Å²) >= 11 is 0. The minimum Gasteiger partial charge on any atom is -0.480 e. The Hall–Kier alpha value is -1.89. The van der Waals surface area contributed by atoms with E-state index < -0.39 is 5.97 Å². The number of carbonyl (C=O) groups is 2. The van der Waals surface area contributed by atoms with Crippen LogP contribution in [-0.2, 0) is 23.1 Å². The summed E-state index contributed by atoms with van der Waals surface area (Å²) < 4.78 is 1.80. The molecule has 0 unspecified atom stereocenters. The largest absolute Gasteiger partial charge is 0.480 e. The molecule has 7 heteroatoms. The highest BCUT2D eigenvalue weighted by Crippen LogP contribution is 2.33. The van der Waals surface area contributed by atoms with Crippen molar-refractivity contribution in [3.05, 3.63) is 17.0 Å². The van der Waals surface area contributed by atoms with Crippen LogP contribution < -0.4 is 5.32 Å². The number of rotatable bonds is 8. The van der Waals surface area contributed by atoms with Gasteiger partial charge in [-0.2, -0.15) is 5.10 Å². The molecule has 0 aromatic carbocycles. The highest BCUT2D eigenvalue weighted by Gasteiger charge is 2.37. The van der Waals surface area contributed by atoms with Crippen LogP contribution in [0, 0.1) is 19.8 Å². The molecule has 0 atom stereocenters. The van der Waals surface area contributed by atoms with Crippen molar-refractivity contribution < 1.29 is 14.7 Å². The Kier molecular flexibility index (Phi) is 5.13. The standard InChI is InChI=1S/C18H28N4O3/c1-11-16(12(2)21(3)20-11)8-17(23)19-14-6-15(7-14)22(10-18(24)25)9-13-4-5-13/h13-15H,4-10H2,1-3H3,(H,19,23)(H,24,25). The number of hydrogen-bond donors (Lipinski definition) is 2. The monoisotopic (exact) mass is 348 g/mol. The summed E-state index contributed by atoms with van der Waals surface area (Å²) in [7, 11) is 1.89. The van der Waals surface area contributed by atoms with Gasteiger partial charge in [0.25, 0.3) is 0 Å². The molecule has 0 radical (unpaired) electrons. The second-order valence-electron chi connectivity index (χ2n) is 7.61. The molecule has 2 N–H and O–H groups in total. The minimum atomic E-state index is -0.768. The second-order valence-corrected chi connectivity index (χ2v) is 7.61. The van der Waals surface area contributed by atoms with Crippen LogP contribution in [0.15, 0.2) is 0 Å². The van der Waals surface area contributed by atoms with Crippen molar-refractivity contribution in [3.63, 3.8) is 0 Å². The Morgan fingerprint density at radius 1 is 1.32 bits per heavy atom. The van der Waals surface area contributed by atoms with Gasteiger partial charge in [-0.3, -0.25) is 19.2 Å². The van der Waals surface area contributed by atoms with E-state index in [1.165, 1.54) is 12.8 Å². The number of aryl methyl sites for hydroxylation is 2. The molecule has 1 amide bonds. The maximum Gasteiger partial charge on any atom is 0.317 e. The number of nitrogens with one attached hydrogen (secondary N) is 1. The average Bonchev–Trinajstić information content (AvgIpc) is 3.26. The van der Waals surface area contributed by atoms with Gasteiger partial charge in [0.1, 0.15) is 0 Å². The topological polar surface area (TPSA) is 87.5 Å².